The molecular formula is C49H46O6. The summed E-state index contributed by atoms with van der Waals surface area (Å²) in [5.74, 6) is 2.44. The molecule has 2 aliphatic rings. The Kier molecular flexibility index (Phi) is 9.26. The van der Waals surface area contributed by atoms with Crippen molar-refractivity contribution in [3.63, 3.8) is 0 Å². The number of esters is 1. The van der Waals surface area contributed by atoms with E-state index in [0.717, 1.165) is 57.0 Å². The third-order valence-corrected chi connectivity index (χ3v) is 11.4. The van der Waals surface area contributed by atoms with E-state index >= 15 is 0 Å². The van der Waals surface area contributed by atoms with Crippen LogP contribution in [0.1, 0.15) is 73.9 Å². The third kappa shape index (κ3) is 6.99. The van der Waals surface area contributed by atoms with Crippen LogP contribution in [-0.4, -0.2) is 26.8 Å². The molecule has 0 fully saturated rings. The van der Waals surface area contributed by atoms with Crippen LogP contribution < -0.4 is 19.1 Å². The Bertz CT molecular complexity index is 2500. The van der Waals surface area contributed by atoms with E-state index in [4.69, 9.17) is 24.0 Å². The van der Waals surface area contributed by atoms with Crippen LogP contribution in [0, 0.1) is 0 Å². The van der Waals surface area contributed by atoms with Crippen molar-refractivity contribution in [1.82, 2.24) is 0 Å². The first kappa shape index (κ1) is 36.1. The SMILES string of the molecule is COc1ccc2cc(C=CCOOc3ccc4c(c3)C3(CC4(C)C)CC(C)(C)c4ccc(OC(=O)C=Cc5ccc6cc(OC)ccc6c5)cc43)ccc2c1. The van der Waals surface area contributed by atoms with E-state index in [9.17, 15) is 4.79 Å². The lowest BCUT2D eigenvalue weighted by atomic mass is 9.72. The lowest BCUT2D eigenvalue weighted by Gasteiger charge is -2.30. The molecule has 278 valence electrons. The Morgan fingerprint density at radius 1 is 0.564 bits per heavy atom. The van der Waals surface area contributed by atoms with Gasteiger partial charge in [0, 0.05) is 11.5 Å². The molecule has 55 heavy (non-hydrogen) atoms. The van der Waals surface area contributed by atoms with Gasteiger partial charge in [-0.2, -0.15) is 4.89 Å². The first-order chi connectivity index (χ1) is 26.5. The van der Waals surface area contributed by atoms with Crippen molar-refractivity contribution >= 4 is 39.7 Å². The Hall–Kier alpha value is -5.85. The molecule has 1 atom stereocenters. The highest BCUT2D eigenvalue weighted by atomic mass is 17.2. The van der Waals surface area contributed by atoms with Gasteiger partial charge in [0.2, 0.25) is 0 Å². The van der Waals surface area contributed by atoms with Crippen molar-refractivity contribution in [3.05, 3.63) is 155 Å². The maximum absolute atomic E-state index is 13.2. The molecule has 2 aliphatic carbocycles. The number of fused-ring (bicyclic) bond motifs is 6. The van der Waals surface area contributed by atoms with Crippen LogP contribution in [-0.2, 0) is 25.9 Å². The molecule has 0 aromatic heterocycles. The third-order valence-electron chi connectivity index (χ3n) is 11.4. The summed E-state index contributed by atoms with van der Waals surface area (Å²) in [6, 6.07) is 36.9. The molecule has 0 aliphatic heterocycles. The van der Waals surface area contributed by atoms with Crippen LogP contribution in [0.3, 0.4) is 0 Å². The van der Waals surface area contributed by atoms with Crippen LogP contribution in [0.2, 0.25) is 0 Å². The van der Waals surface area contributed by atoms with Crippen molar-refractivity contribution in [3.8, 4) is 23.0 Å². The van der Waals surface area contributed by atoms with Crippen LogP contribution in [0.4, 0.5) is 0 Å². The fourth-order valence-electron chi connectivity index (χ4n) is 9.01. The normalized spacial score (nSPS) is 17.9. The Morgan fingerprint density at radius 2 is 1.05 bits per heavy atom. The second-order valence-electron chi connectivity index (χ2n) is 16.1. The average Bonchev–Trinajstić information content (AvgIpc) is 3.55. The number of hydrogen-bond acceptors (Lipinski definition) is 6. The Labute approximate surface area is 322 Å². The van der Waals surface area contributed by atoms with Gasteiger partial charge < -0.3 is 19.1 Å². The maximum Gasteiger partial charge on any atom is 0.336 e. The monoisotopic (exact) mass is 730 g/mol. The molecule has 0 saturated carbocycles. The molecule has 8 rings (SSSR count). The van der Waals surface area contributed by atoms with Gasteiger partial charge in [-0.25, -0.2) is 4.79 Å². The van der Waals surface area contributed by atoms with Gasteiger partial charge in [0.1, 0.15) is 23.9 Å². The standard InChI is InChI=1S/C49H46O6/c1-47(2)30-49(44-28-40(18-20-42(44)47)54-46(50)22-11-33-10-13-37-27-39(52-6)17-15-35(37)25-33)31-48(3,4)43-21-19-41(29-45(43)49)55-53-23-7-8-32-9-12-36-26-38(51-5)16-14-34(36)24-32/h7-22,24-29H,23,30-31H2,1-6H3. The molecule has 6 nitrogen and oxygen atoms in total. The molecular weight excluding hydrogens is 685 g/mol. The summed E-state index contributed by atoms with van der Waals surface area (Å²) in [6.07, 6.45) is 9.14. The first-order valence-electron chi connectivity index (χ1n) is 18.8. The lowest BCUT2D eigenvalue weighted by molar-refractivity contribution is -0.195. The van der Waals surface area contributed by atoms with Gasteiger partial charge in [-0.3, -0.25) is 0 Å². The van der Waals surface area contributed by atoms with Crippen LogP contribution in [0.15, 0.2) is 121 Å². The van der Waals surface area contributed by atoms with Crippen LogP contribution in [0.5, 0.6) is 23.0 Å². The Balaban J connectivity index is 0.990. The van der Waals surface area contributed by atoms with E-state index in [1.807, 2.05) is 72.8 Å². The van der Waals surface area contributed by atoms with E-state index < -0.39 is 5.97 Å². The van der Waals surface area contributed by atoms with Crippen molar-refractivity contribution in [2.45, 2.75) is 56.8 Å². The molecule has 6 aromatic carbocycles. The second-order valence-corrected chi connectivity index (χ2v) is 16.1. The van der Waals surface area contributed by atoms with Gasteiger partial charge in [0.15, 0.2) is 5.75 Å². The van der Waals surface area contributed by atoms with Gasteiger partial charge in [0.25, 0.3) is 0 Å². The summed E-state index contributed by atoms with van der Waals surface area (Å²) in [7, 11) is 3.34. The zero-order valence-corrected chi connectivity index (χ0v) is 32.3. The van der Waals surface area contributed by atoms with Gasteiger partial charge in [-0.05, 0) is 145 Å². The minimum Gasteiger partial charge on any atom is -0.497 e. The number of hydrogen-bond donors (Lipinski definition) is 0. The molecule has 1 unspecified atom stereocenters. The number of ether oxygens (including phenoxy) is 3. The first-order valence-corrected chi connectivity index (χ1v) is 18.8. The van der Waals surface area contributed by atoms with Gasteiger partial charge in [0.05, 0.1) is 14.2 Å². The molecule has 0 radical (unpaired) electrons. The zero-order valence-electron chi connectivity index (χ0n) is 32.3. The number of carbonyl (C=O) groups is 1. The highest BCUT2D eigenvalue weighted by molar-refractivity contribution is 5.91. The molecule has 6 heteroatoms. The topological polar surface area (TPSA) is 63.2 Å². The minimum absolute atomic E-state index is 0.0689. The molecule has 0 bridgehead atoms. The summed E-state index contributed by atoms with van der Waals surface area (Å²) in [5, 5.41) is 4.42. The molecule has 0 amide bonds. The van der Waals surface area contributed by atoms with Gasteiger partial charge in [-0.15, -0.1) is 0 Å². The zero-order chi connectivity index (χ0) is 38.4. The Morgan fingerprint density at radius 3 is 1.64 bits per heavy atom. The molecule has 0 saturated heterocycles. The highest BCUT2D eigenvalue weighted by Crippen LogP contribution is 2.63. The predicted octanol–water partition coefficient (Wildman–Crippen LogP) is 11.3. The second kappa shape index (κ2) is 14.1. The van der Waals surface area contributed by atoms with E-state index in [1.54, 1.807) is 20.3 Å². The van der Waals surface area contributed by atoms with Crippen LogP contribution >= 0.6 is 0 Å². The number of methoxy groups -OCH3 is 2. The van der Waals surface area contributed by atoms with Crippen molar-refractivity contribution in [2.24, 2.45) is 0 Å². The fourth-order valence-corrected chi connectivity index (χ4v) is 9.01. The van der Waals surface area contributed by atoms with E-state index in [0.29, 0.717) is 18.1 Å². The molecule has 6 aromatic rings. The van der Waals surface area contributed by atoms with Crippen molar-refractivity contribution in [2.75, 3.05) is 20.8 Å². The largest absolute Gasteiger partial charge is 0.497 e. The van der Waals surface area contributed by atoms with Gasteiger partial charge >= 0.3 is 5.97 Å². The summed E-state index contributed by atoms with van der Waals surface area (Å²) < 4.78 is 16.7. The van der Waals surface area contributed by atoms with Crippen molar-refractivity contribution in [1.29, 1.82) is 0 Å². The number of rotatable bonds is 10. The smallest absolute Gasteiger partial charge is 0.336 e. The fraction of sp³-hybridized carbons (Fsp3) is 0.245. The van der Waals surface area contributed by atoms with E-state index in [-0.39, 0.29) is 16.2 Å². The number of carbonyl (C=O) groups excluding carboxylic acids is 1. The minimum atomic E-state index is -0.420. The quantitative estimate of drug-likeness (QED) is 0.0349. The van der Waals surface area contributed by atoms with Crippen molar-refractivity contribution < 1.29 is 28.8 Å². The summed E-state index contributed by atoms with van der Waals surface area (Å²) in [4.78, 5) is 24.8. The molecule has 0 heterocycles. The average molecular weight is 731 g/mol. The summed E-state index contributed by atoms with van der Waals surface area (Å²) in [6.45, 7) is 9.54. The molecule has 1 spiro atoms. The lowest BCUT2D eigenvalue weighted by Crippen LogP contribution is -2.27. The van der Waals surface area contributed by atoms with E-state index in [2.05, 4.69) is 76.2 Å². The van der Waals surface area contributed by atoms with Gasteiger partial charge in [-0.1, -0.05) is 88.4 Å². The van der Waals surface area contributed by atoms with E-state index in [1.165, 1.54) is 28.3 Å². The summed E-state index contributed by atoms with van der Waals surface area (Å²) in [5.41, 5.74) is 6.60. The maximum atomic E-state index is 13.2. The highest BCUT2D eigenvalue weighted by Gasteiger charge is 2.56. The van der Waals surface area contributed by atoms with Crippen LogP contribution in [0.25, 0.3) is 33.7 Å². The number of benzene rings is 6. The molecule has 0 N–H and O–H groups in total. The predicted molar refractivity (Wildman–Crippen MR) is 220 cm³/mol. The summed E-state index contributed by atoms with van der Waals surface area (Å²) >= 11 is 0.